The van der Waals surface area contributed by atoms with Gasteiger partial charge in [0.1, 0.15) is 11.6 Å². The molecule has 0 aliphatic carbocycles. The summed E-state index contributed by atoms with van der Waals surface area (Å²) in [6, 6.07) is 3.62. The molecule has 0 saturated carbocycles. The van der Waals surface area contributed by atoms with Gasteiger partial charge in [-0.25, -0.2) is 8.78 Å². The van der Waals surface area contributed by atoms with Crippen molar-refractivity contribution in [3.05, 3.63) is 35.4 Å². The maximum Gasteiger partial charge on any atom is 0.130 e. The van der Waals surface area contributed by atoms with Gasteiger partial charge in [0.05, 0.1) is 0 Å². The first-order chi connectivity index (χ1) is 6.56. The topological polar surface area (TPSA) is 12.0 Å². The quantitative estimate of drug-likeness (QED) is 0.789. The van der Waals surface area contributed by atoms with Crippen molar-refractivity contribution in [3.63, 3.8) is 0 Å². The van der Waals surface area contributed by atoms with E-state index in [2.05, 4.69) is 5.32 Å². The van der Waals surface area contributed by atoms with Gasteiger partial charge in [0.25, 0.3) is 0 Å². The summed E-state index contributed by atoms with van der Waals surface area (Å²) in [6.45, 7) is 3.98. The van der Waals surface area contributed by atoms with E-state index in [-0.39, 0.29) is 12.0 Å². The van der Waals surface area contributed by atoms with Crippen molar-refractivity contribution < 1.29 is 8.78 Å². The largest absolute Gasteiger partial charge is 0.313 e. The van der Waals surface area contributed by atoms with Crippen molar-refractivity contribution in [2.24, 2.45) is 5.92 Å². The maximum absolute atomic E-state index is 13.4. The summed E-state index contributed by atoms with van der Waals surface area (Å²) in [5.74, 6) is -0.761. The van der Waals surface area contributed by atoms with Crippen LogP contribution in [0.5, 0.6) is 0 Å². The summed E-state index contributed by atoms with van der Waals surface area (Å²) in [4.78, 5) is 0. The van der Waals surface area contributed by atoms with Crippen LogP contribution in [0.2, 0.25) is 0 Å². The van der Waals surface area contributed by atoms with Crippen molar-refractivity contribution >= 4 is 0 Å². The van der Waals surface area contributed by atoms with E-state index in [0.29, 0.717) is 5.56 Å². The molecule has 0 aliphatic rings. The Labute approximate surface area is 83.1 Å². The predicted octanol–water partition coefficient (Wildman–Crippen LogP) is 2.88. The Morgan fingerprint density at radius 2 is 1.86 bits per heavy atom. The lowest BCUT2D eigenvalue weighted by Gasteiger charge is -2.21. The number of halogens is 2. The molecule has 0 radical (unpaired) electrons. The van der Waals surface area contributed by atoms with Gasteiger partial charge in [-0.1, -0.05) is 19.9 Å². The lowest BCUT2D eigenvalue weighted by molar-refractivity contribution is 0.422. The molecule has 0 aromatic heterocycles. The Morgan fingerprint density at radius 3 is 2.29 bits per heavy atom. The zero-order chi connectivity index (χ0) is 10.7. The minimum Gasteiger partial charge on any atom is -0.313 e. The van der Waals surface area contributed by atoms with Gasteiger partial charge in [-0.3, -0.25) is 0 Å². The molecule has 1 aromatic carbocycles. The van der Waals surface area contributed by atoms with Crippen LogP contribution in [0.25, 0.3) is 0 Å². The summed E-state index contributed by atoms with van der Waals surface area (Å²) in [6.07, 6.45) is 0. The van der Waals surface area contributed by atoms with Crippen LogP contribution >= 0.6 is 0 Å². The van der Waals surface area contributed by atoms with E-state index in [1.54, 1.807) is 7.05 Å². The van der Waals surface area contributed by atoms with Crippen LogP contribution in [0, 0.1) is 17.6 Å². The highest BCUT2D eigenvalue weighted by Gasteiger charge is 2.17. The Morgan fingerprint density at radius 1 is 1.21 bits per heavy atom. The van der Waals surface area contributed by atoms with E-state index in [4.69, 9.17) is 0 Å². The van der Waals surface area contributed by atoms with Crippen LogP contribution in [0.15, 0.2) is 18.2 Å². The first kappa shape index (κ1) is 11.1. The SMILES string of the molecule is CNC(c1ccc(F)cc1F)C(C)C. The number of hydrogen-bond donors (Lipinski definition) is 1. The Balaban J connectivity index is 3.04. The fraction of sp³-hybridized carbons (Fsp3) is 0.455. The number of benzene rings is 1. The Hall–Kier alpha value is -0.960. The highest BCUT2D eigenvalue weighted by molar-refractivity contribution is 5.22. The van der Waals surface area contributed by atoms with Crippen LogP contribution in [0.4, 0.5) is 8.78 Å². The molecule has 1 rings (SSSR count). The average Bonchev–Trinajstić information content (AvgIpc) is 2.09. The van der Waals surface area contributed by atoms with Crippen molar-refractivity contribution in [2.75, 3.05) is 7.05 Å². The van der Waals surface area contributed by atoms with Crippen LogP contribution in [-0.2, 0) is 0 Å². The molecule has 78 valence electrons. The fourth-order valence-corrected chi connectivity index (χ4v) is 1.60. The molecule has 14 heavy (non-hydrogen) atoms. The second-order valence-electron chi connectivity index (χ2n) is 3.68. The molecule has 1 N–H and O–H groups in total. The molecular formula is C11H15F2N. The second kappa shape index (κ2) is 4.51. The van der Waals surface area contributed by atoms with Crippen LogP contribution in [0.1, 0.15) is 25.5 Å². The lowest BCUT2D eigenvalue weighted by Crippen LogP contribution is -2.22. The Kier molecular flexibility index (Phi) is 3.58. The summed E-state index contributed by atoms with van der Waals surface area (Å²) in [7, 11) is 1.77. The summed E-state index contributed by atoms with van der Waals surface area (Å²) in [5, 5.41) is 3.02. The highest BCUT2D eigenvalue weighted by atomic mass is 19.1. The minimum absolute atomic E-state index is 0.0735. The molecule has 1 atom stereocenters. The third kappa shape index (κ3) is 2.29. The highest BCUT2D eigenvalue weighted by Crippen LogP contribution is 2.24. The van der Waals surface area contributed by atoms with Crippen molar-refractivity contribution in [1.82, 2.24) is 5.32 Å². The first-order valence-electron chi connectivity index (χ1n) is 4.68. The average molecular weight is 199 g/mol. The van der Waals surface area contributed by atoms with Crippen molar-refractivity contribution in [3.8, 4) is 0 Å². The van der Waals surface area contributed by atoms with E-state index < -0.39 is 11.6 Å². The normalized spacial score (nSPS) is 13.3. The van der Waals surface area contributed by atoms with Gasteiger partial charge in [-0.05, 0) is 19.0 Å². The molecule has 1 aromatic rings. The lowest BCUT2D eigenvalue weighted by atomic mass is 9.96. The molecular weight excluding hydrogens is 184 g/mol. The van der Waals surface area contributed by atoms with Gasteiger partial charge in [-0.15, -0.1) is 0 Å². The molecule has 0 heterocycles. The standard InChI is InChI=1S/C11H15F2N/c1-7(2)11(14-3)9-5-4-8(12)6-10(9)13/h4-7,11,14H,1-3H3. The van der Waals surface area contributed by atoms with Gasteiger partial charge < -0.3 is 5.32 Å². The fourth-order valence-electron chi connectivity index (χ4n) is 1.60. The predicted molar refractivity (Wildman–Crippen MR) is 53.0 cm³/mol. The molecule has 0 bridgehead atoms. The number of nitrogens with one attached hydrogen (secondary N) is 1. The van der Waals surface area contributed by atoms with E-state index >= 15 is 0 Å². The van der Waals surface area contributed by atoms with Crippen molar-refractivity contribution in [1.29, 1.82) is 0 Å². The number of hydrogen-bond acceptors (Lipinski definition) is 1. The van der Waals surface area contributed by atoms with Crippen LogP contribution in [-0.4, -0.2) is 7.05 Å². The van der Waals surface area contributed by atoms with E-state index in [1.165, 1.54) is 12.1 Å². The molecule has 0 aliphatic heterocycles. The monoisotopic (exact) mass is 199 g/mol. The summed E-state index contributed by atoms with van der Waals surface area (Å²) < 4.78 is 26.0. The van der Waals surface area contributed by atoms with E-state index in [0.717, 1.165) is 6.07 Å². The molecule has 0 fully saturated rings. The summed E-state index contributed by atoms with van der Waals surface area (Å²) in [5.41, 5.74) is 0.518. The van der Waals surface area contributed by atoms with Crippen LogP contribution < -0.4 is 5.32 Å². The van der Waals surface area contributed by atoms with Gasteiger partial charge in [0, 0.05) is 17.7 Å². The smallest absolute Gasteiger partial charge is 0.130 e. The number of rotatable bonds is 3. The van der Waals surface area contributed by atoms with E-state index in [9.17, 15) is 8.78 Å². The van der Waals surface area contributed by atoms with E-state index in [1.807, 2.05) is 13.8 Å². The van der Waals surface area contributed by atoms with Gasteiger partial charge in [0.15, 0.2) is 0 Å². The van der Waals surface area contributed by atoms with Gasteiger partial charge in [-0.2, -0.15) is 0 Å². The third-order valence-corrected chi connectivity index (χ3v) is 2.28. The third-order valence-electron chi connectivity index (χ3n) is 2.28. The molecule has 1 unspecified atom stereocenters. The molecule has 0 amide bonds. The minimum atomic E-state index is -0.537. The van der Waals surface area contributed by atoms with Gasteiger partial charge in [0.2, 0.25) is 0 Å². The molecule has 0 saturated heterocycles. The zero-order valence-electron chi connectivity index (χ0n) is 8.64. The second-order valence-corrected chi connectivity index (χ2v) is 3.68. The molecule has 1 nitrogen and oxygen atoms in total. The van der Waals surface area contributed by atoms with Crippen molar-refractivity contribution in [2.45, 2.75) is 19.9 Å². The first-order valence-corrected chi connectivity index (χ1v) is 4.68. The molecule has 3 heteroatoms. The van der Waals surface area contributed by atoms with Gasteiger partial charge >= 0.3 is 0 Å². The summed E-state index contributed by atoms with van der Waals surface area (Å²) >= 11 is 0. The maximum atomic E-state index is 13.4. The zero-order valence-corrected chi connectivity index (χ0v) is 8.64. The molecule has 0 spiro atoms. The van der Waals surface area contributed by atoms with Crippen LogP contribution in [0.3, 0.4) is 0 Å². The Bertz CT molecular complexity index is 310.